The molecule has 76 valence electrons. The van der Waals surface area contributed by atoms with Crippen molar-refractivity contribution in [2.45, 2.75) is 19.3 Å². The van der Waals surface area contributed by atoms with Crippen molar-refractivity contribution >= 4 is 0 Å². The third-order valence-electron chi connectivity index (χ3n) is 2.71. The highest BCUT2D eigenvalue weighted by Gasteiger charge is 2.14. The van der Waals surface area contributed by atoms with E-state index >= 15 is 0 Å². The van der Waals surface area contributed by atoms with Crippen LogP contribution in [0.5, 0.6) is 0 Å². The number of aromatic amines is 1. The van der Waals surface area contributed by atoms with E-state index in [1.54, 1.807) is 6.07 Å². The molecule has 1 unspecified atom stereocenters. The molecule has 1 aromatic rings. The van der Waals surface area contributed by atoms with Gasteiger partial charge in [0.2, 0.25) is 0 Å². The number of aryl methyl sites for hydroxylation is 1. The van der Waals surface area contributed by atoms with Gasteiger partial charge in [-0.05, 0) is 38.3 Å². The Bertz CT molecular complexity index is 341. The van der Waals surface area contributed by atoms with E-state index in [0.29, 0.717) is 0 Å². The van der Waals surface area contributed by atoms with Crippen LogP contribution in [-0.4, -0.2) is 23.1 Å². The topological polar surface area (TPSA) is 57.8 Å². The van der Waals surface area contributed by atoms with Crippen LogP contribution in [0.15, 0.2) is 17.2 Å². The summed E-state index contributed by atoms with van der Waals surface area (Å²) in [6, 6.07) is 1.59. The summed E-state index contributed by atoms with van der Waals surface area (Å²) in [6.45, 7) is 2.25. The van der Waals surface area contributed by atoms with Crippen molar-refractivity contribution in [3.05, 3.63) is 28.4 Å². The van der Waals surface area contributed by atoms with Gasteiger partial charge < -0.3 is 10.3 Å². The molecule has 0 spiro atoms. The average molecular weight is 193 g/mol. The van der Waals surface area contributed by atoms with Crippen LogP contribution in [0.1, 0.15) is 18.5 Å². The Hall–Kier alpha value is -1.16. The third-order valence-corrected chi connectivity index (χ3v) is 2.71. The summed E-state index contributed by atoms with van der Waals surface area (Å²) < 4.78 is 0. The van der Waals surface area contributed by atoms with Gasteiger partial charge in [-0.15, -0.1) is 0 Å². The van der Waals surface area contributed by atoms with Crippen LogP contribution in [0.4, 0.5) is 0 Å². The van der Waals surface area contributed by atoms with Crippen LogP contribution in [0.3, 0.4) is 0 Å². The van der Waals surface area contributed by atoms with Crippen molar-refractivity contribution in [2.75, 3.05) is 13.1 Å². The van der Waals surface area contributed by atoms with Gasteiger partial charge >= 0.3 is 0 Å². The number of rotatable bonds is 3. The number of nitrogens with zero attached hydrogens (tertiary/aromatic N) is 1. The van der Waals surface area contributed by atoms with Crippen molar-refractivity contribution < 1.29 is 0 Å². The van der Waals surface area contributed by atoms with Crippen molar-refractivity contribution in [3.63, 3.8) is 0 Å². The van der Waals surface area contributed by atoms with Crippen molar-refractivity contribution in [1.82, 2.24) is 15.3 Å². The Morgan fingerprint density at radius 3 is 3.21 bits per heavy atom. The first-order valence-electron chi connectivity index (χ1n) is 5.09. The predicted molar refractivity (Wildman–Crippen MR) is 54.2 cm³/mol. The summed E-state index contributed by atoms with van der Waals surface area (Å²) in [5, 5.41) is 3.33. The minimum atomic E-state index is -0.0560. The van der Waals surface area contributed by atoms with E-state index < -0.39 is 0 Å². The number of hydrogen-bond acceptors (Lipinski definition) is 3. The number of nitrogens with one attached hydrogen (secondary N) is 2. The molecular weight excluding hydrogens is 178 g/mol. The van der Waals surface area contributed by atoms with Crippen molar-refractivity contribution in [1.29, 1.82) is 0 Å². The van der Waals surface area contributed by atoms with Gasteiger partial charge in [-0.2, -0.15) is 0 Å². The van der Waals surface area contributed by atoms with Gasteiger partial charge in [0.05, 0.1) is 6.33 Å². The van der Waals surface area contributed by atoms with Crippen LogP contribution in [0.2, 0.25) is 0 Å². The minimum absolute atomic E-state index is 0.0560. The fourth-order valence-electron chi connectivity index (χ4n) is 1.86. The zero-order valence-corrected chi connectivity index (χ0v) is 8.12. The molecule has 2 heterocycles. The molecule has 0 bridgehead atoms. The first kappa shape index (κ1) is 9.40. The molecule has 4 nitrogen and oxygen atoms in total. The van der Waals surface area contributed by atoms with E-state index in [0.717, 1.165) is 37.5 Å². The second-order valence-corrected chi connectivity index (χ2v) is 3.80. The molecule has 0 saturated carbocycles. The second-order valence-electron chi connectivity index (χ2n) is 3.80. The summed E-state index contributed by atoms with van der Waals surface area (Å²) in [5.74, 6) is 0.760. The largest absolute Gasteiger partial charge is 0.316 e. The Balaban J connectivity index is 1.88. The Kier molecular flexibility index (Phi) is 2.93. The van der Waals surface area contributed by atoms with E-state index in [9.17, 15) is 4.79 Å². The van der Waals surface area contributed by atoms with Crippen LogP contribution in [0.25, 0.3) is 0 Å². The zero-order valence-electron chi connectivity index (χ0n) is 8.12. The van der Waals surface area contributed by atoms with Crippen LogP contribution >= 0.6 is 0 Å². The fourth-order valence-corrected chi connectivity index (χ4v) is 1.86. The fraction of sp³-hybridized carbons (Fsp3) is 0.600. The monoisotopic (exact) mass is 193 g/mol. The number of hydrogen-bond donors (Lipinski definition) is 2. The van der Waals surface area contributed by atoms with E-state index in [1.165, 1.54) is 12.7 Å². The molecule has 1 saturated heterocycles. The molecule has 1 fully saturated rings. The third kappa shape index (κ3) is 2.42. The van der Waals surface area contributed by atoms with E-state index in [2.05, 4.69) is 15.3 Å². The van der Waals surface area contributed by atoms with Crippen molar-refractivity contribution in [3.8, 4) is 0 Å². The second kappa shape index (κ2) is 4.37. The maximum absolute atomic E-state index is 11.0. The molecule has 1 aliphatic heterocycles. The predicted octanol–water partition coefficient (Wildman–Crippen LogP) is 0.312. The maximum atomic E-state index is 11.0. The van der Waals surface area contributed by atoms with Gasteiger partial charge in [0.25, 0.3) is 5.56 Å². The molecule has 14 heavy (non-hydrogen) atoms. The van der Waals surface area contributed by atoms with Gasteiger partial charge in [0, 0.05) is 11.8 Å². The van der Waals surface area contributed by atoms with E-state index in [-0.39, 0.29) is 5.56 Å². The zero-order chi connectivity index (χ0) is 9.80. The average Bonchev–Trinajstić information content (AvgIpc) is 2.67. The summed E-state index contributed by atoms with van der Waals surface area (Å²) in [5.41, 5.74) is 0.847. The molecule has 1 aromatic heterocycles. The van der Waals surface area contributed by atoms with Gasteiger partial charge in [0.1, 0.15) is 0 Å². The first-order chi connectivity index (χ1) is 6.84. The highest BCUT2D eigenvalue weighted by atomic mass is 16.1. The van der Waals surface area contributed by atoms with E-state index in [1.807, 2.05) is 0 Å². The molecule has 1 aliphatic rings. The SMILES string of the molecule is O=c1cc(CCC2CCNC2)nc[nH]1. The number of aromatic nitrogens is 2. The molecule has 4 heteroatoms. The van der Waals surface area contributed by atoms with Crippen LogP contribution in [0, 0.1) is 5.92 Å². The molecule has 0 amide bonds. The van der Waals surface area contributed by atoms with Gasteiger partial charge in [-0.1, -0.05) is 0 Å². The summed E-state index contributed by atoms with van der Waals surface area (Å²) in [7, 11) is 0. The molecule has 2 rings (SSSR count). The lowest BCUT2D eigenvalue weighted by Gasteiger charge is -2.06. The normalized spacial score (nSPS) is 21.3. The minimum Gasteiger partial charge on any atom is -0.316 e. The maximum Gasteiger partial charge on any atom is 0.250 e. The lowest BCUT2D eigenvalue weighted by molar-refractivity contribution is 0.528. The van der Waals surface area contributed by atoms with Crippen LogP contribution < -0.4 is 10.9 Å². The van der Waals surface area contributed by atoms with Crippen molar-refractivity contribution in [2.24, 2.45) is 5.92 Å². The Morgan fingerprint density at radius 2 is 2.50 bits per heavy atom. The summed E-state index contributed by atoms with van der Waals surface area (Å²) >= 11 is 0. The Labute approximate surface area is 82.8 Å². The van der Waals surface area contributed by atoms with Gasteiger partial charge in [-0.25, -0.2) is 4.98 Å². The standard InChI is InChI=1S/C10H15N3O/c14-10-5-9(12-7-13-10)2-1-8-3-4-11-6-8/h5,7-8,11H,1-4,6H2,(H,12,13,14). The summed E-state index contributed by atoms with van der Waals surface area (Å²) in [4.78, 5) is 17.6. The number of H-pyrrole nitrogens is 1. The highest BCUT2D eigenvalue weighted by Crippen LogP contribution is 2.14. The molecule has 0 aromatic carbocycles. The summed E-state index contributed by atoms with van der Waals surface area (Å²) in [6.07, 6.45) is 4.77. The molecule has 1 atom stereocenters. The van der Waals surface area contributed by atoms with Gasteiger partial charge in [-0.3, -0.25) is 4.79 Å². The van der Waals surface area contributed by atoms with E-state index in [4.69, 9.17) is 0 Å². The molecule has 0 radical (unpaired) electrons. The Morgan fingerprint density at radius 1 is 1.57 bits per heavy atom. The quantitative estimate of drug-likeness (QED) is 0.726. The molecular formula is C10H15N3O. The smallest absolute Gasteiger partial charge is 0.250 e. The van der Waals surface area contributed by atoms with Gasteiger partial charge in [0.15, 0.2) is 0 Å². The van der Waals surface area contributed by atoms with Crippen LogP contribution in [-0.2, 0) is 6.42 Å². The lowest BCUT2D eigenvalue weighted by atomic mass is 10.0. The highest BCUT2D eigenvalue weighted by molar-refractivity contribution is 4.98. The first-order valence-corrected chi connectivity index (χ1v) is 5.09. The molecule has 2 N–H and O–H groups in total. The molecule has 0 aliphatic carbocycles. The lowest BCUT2D eigenvalue weighted by Crippen LogP contribution is -2.11.